The summed E-state index contributed by atoms with van der Waals surface area (Å²) in [5.74, 6) is 0. The molecule has 5 heteroatoms. The Kier molecular flexibility index (Phi) is 3.01. The van der Waals surface area contributed by atoms with E-state index >= 15 is 0 Å². The Morgan fingerprint density at radius 3 is 2.93 bits per heavy atom. The van der Waals surface area contributed by atoms with Gasteiger partial charge in [0.1, 0.15) is 0 Å². The van der Waals surface area contributed by atoms with Crippen LogP contribution in [0.5, 0.6) is 0 Å². The van der Waals surface area contributed by atoms with Crippen molar-refractivity contribution in [2.24, 2.45) is 7.05 Å². The Balaban J connectivity index is 3.06. The molecule has 76 valence electrons. The smallest absolute Gasteiger partial charge is 0.243 e. The summed E-state index contributed by atoms with van der Waals surface area (Å²) in [7, 11) is 1.80. The van der Waals surface area contributed by atoms with E-state index in [4.69, 9.17) is 0 Å². The van der Waals surface area contributed by atoms with Gasteiger partial charge in [0.2, 0.25) is 5.70 Å². The Morgan fingerprint density at radius 1 is 1.79 bits per heavy atom. The summed E-state index contributed by atoms with van der Waals surface area (Å²) in [5, 5.41) is 14.6. The average molecular weight is 195 g/mol. The van der Waals surface area contributed by atoms with E-state index in [-0.39, 0.29) is 5.70 Å². The van der Waals surface area contributed by atoms with E-state index in [0.717, 1.165) is 17.7 Å². The molecule has 0 bridgehead atoms. The molecule has 0 saturated carbocycles. The molecule has 1 aromatic heterocycles. The minimum absolute atomic E-state index is 0.132. The number of aromatic nitrogens is 2. The maximum absolute atomic E-state index is 10.4. The molecule has 0 N–H and O–H groups in total. The minimum Gasteiger partial charge on any atom is -0.275 e. The molecule has 0 radical (unpaired) electrons. The van der Waals surface area contributed by atoms with E-state index in [1.165, 1.54) is 6.92 Å². The molecule has 1 rings (SSSR count). The molecule has 0 spiro atoms. The Labute approximate surface area is 82.2 Å². The van der Waals surface area contributed by atoms with Crippen LogP contribution in [0.4, 0.5) is 0 Å². The number of aryl methyl sites for hydroxylation is 2. The van der Waals surface area contributed by atoms with Gasteiger partial charge in [0.05, 0.1) is 10.6 Å². The third-order valence-electron chi connectivity index (χ3n) is 1.92. The van der Waals surface area contributed by atoms with Crippen molar-refractivity contribution in [1.82, 2.24) is 9.78 Å². The molecule has 0 aliphatic rings. The van der Waals surface area contributed by atoms with Crippen molar-refractivity contribution in [1.29, 1.82) is 0 Å². The van der Waals surface area contributed by atoms with Crippen molar-refractivity contribution < 1.29 is 4.92 Å². The highest BCUT2D eigenvalue weighted by molar-refractivity contribution is 5.52. The molecule has 0 aromatic carbocycles. The fourth-order valence-electron chi connectivity index (χ4n) is 1.23. The quantitative estimate of drug-likeness (QED) is 0.544. The van der Waals surface area contributed by atoms with Crippen LogP contribution in [0, 0.1) is 10.1 Å². The van der Waals surface area contributed by atoms with E-state index in [1.54, 1.807) is 24.0 Å². The highest BCUT2D eigenvalue weighted by Gasteiger charge is 2.07. The van der Waals surface area contributed by atoms with Gasteiger partial charge in [-0.1, -0.05) is 6.92 Å². The van der Waals surface area contributed by atoms with Crippen molar-refractivity contribution in [3.63, 3.8) is 0 Å². The number of nitro groups is 1. The van der Waals surface area contributed by atoms with Gasteiger partial charge in [0.15, 0.2) is 0 Å². The summed E-state index contributed by atoms with van der Waals surface area (Å²) in [6.07, 6.45) is 4.11. The van der Waals surface area contributed by atoms with Gasteiger partial charge in [-0.15, -0.1) is 0 Å². The van der Waals surface area contributed by atoms with Crippen molar-refractivity contribution in [2.75, 3.05) is 0 Å². The summed E-state index contributed by atoms with van der Waals surface area (Å²) < 4.78 is 1.66. The molecule has 5 nitrogen and oxygen atoms in total. The van der Waals surface area contributed by atoms with Crippen LogP contribution in [0.2, 0.25) is 0 Å². The lowest BCUT2D eigenvalue weighted by molar-refractivity contribution is -0.422. The molecule has 0 fully saturated rings. The molecule has 0 unspecified atom stereocenters. The zero-order valence-electron chi connectivity index (χ0n) is 8.52. The van der Waals surface area contributed by atoms with Crippen LogP contribution >= 0.6 is 0 Å². The average Bonchev–Trinajstić information content (AvgIpc) is 2.45. The summed E-state index contributed by atoms with van der Waals surface area (Å²) in [4.78, 5) is 10.0. The van der Waals surface area contributed by atoms with Gasteiger partial charge in [-0.3, -0.25) is 14.8 Å². The molecule has 0 amide bonds. The molecule has 0 saturated heterocycles. The van der Waals surface area contributed by atoms with Crippen LogP contribution in [0.3, 0.4) is 0 Å². The summed E-state index contributed by atoms with van der Waals surface area (Å²) in [6, 6.07) is 0. The number of nitrogens with zero attached hydrogens (tertiary/aromatic N) is 3. The molecule has 0 aliphatic carbocycles. The van der Waals surface area contributed by atoms with Gasteiger partial charge in [-0.2, -0.15) is 5.10 Å². The summed E-state index contributed by atoms with van der Waals surface area (Å²) in [6.45, 7) is 3.45. The fraction of sp³-hybridized carbons (Fsp3) is 0.444. The lowest BCUT2D eigenvalue weighted by Crippen LogP contribution is -1.93. The number of rotatable bonds is 3. The van der Waals surface area contributed by atoms with E-state index in [0.29, 0.717) is 0 Å². The highest BCUT2D eigenvalue weighted by Crippen LogP contribution is 2.12. The Morgan fingerprint density at radius 2 is 2.43 bits per heavy atom. The molecule has 14 heavy (non-hydrogen) atoms. The standard InChI is InChI=1S/C9H13N3O2/c1-4-9-8(6-11(3)10-9)5-7(2)12(13)14/h5-6H,4H2,1-3H3/b7-5-. The van der Waals surface area contributed by atoms with E-state index in [2.05, 4.69) is 5.10 Å². The van der Waals surface area contributed by atoms with E-state index < -0.39 is 4.92 Å². The largest absolute Gasteiger partial charge is 0.275 e. The molecule has 1 heterocycles. The lowest BCUT2D eigenvalue weighted by Gasteiger charge is -1.91. The van der Waals surface area contributed by atoms with Crippen LogP contribution in [-0.2, 0) is 13.5 Å². The van der Waals surface area contributed by atoms with Crippen LogP contribution < -0.4 is 0 Å². The van der Waals surface area contributed by atoms with E-state index in [9.17, 15) is 10.1 Å². The van der Waals surface area contributed by atoms with Gasteiger partial charge < -0.3 is 0 Å². The first-order chi connectivity index (χ1) is 6.54. The maximum atomic E-state index is 10.4. The maximum Gasteiger partial charge on any atom is 0.243 e. The molecule has 0 aliphatic heterocycles. The van der Waals surface area contributed by atoms with Gasteiger partial charge in [-0.05, 0) is 6.42 Å². The first-order valence-corrected chi connectivity index (χ1v) is 4.39. The highest BCUT2D eigenvalue weighted by atomic mass is 16.6. The Hall–Kier alpha value is -1.65. The van der Waals surface area contributed by atoms with Gasteiger partial charge >= 0.3 is 0 Å². The number of allylic oxidation sites excluding steroid dienone is 1. The SMILES string of the molecule is CCc1nn(C)cc1/C=C(/C)[N+](=O)[O-]. The van der Waals surface area contributed by atoms with Crippen LogP contribution in [0.15, 0.2) is 11.9 Å². The molecular weight excluding hydrogens is 182 g/mol. The van der Waals surface area contributed by atoms with Crippen molar-refractivity contribution >= 4 is 6.08 Å². The monoisotopic (exact) mass is 195 g/mol. The lowest BCUT2D eigenvalue weighted by atomic mass is 10.2. The number of hydrogen-bond acceptors (Lipinski definition) is 3. The first-order valence-electron chi connectivity index (χ1n) is 4.39. The van der Waals surface area contributed by atoms with Crippen molar-refractivity contribution in [3.8, 4) is 0 Å². The van der Waals surface area contributed by atoms with Crippen molar-refractivity contribution in [3.05, 3.63) is 33.3 Å². The predicted octanol–water partition coefficient (Wildman–Crippen LogP) is 1.62. The summed E-state index contributed by atoms with van der Waals surface area (Å²) >= 11 is 0. The van der Waals surface area contributed by atoms with Crippen LogP contribution in [0.1, 0.15) is 25.1 Å². The van der Waals surface area contributed by atoms with Gasteiger partial charge in [0, 0.05) is 31.8 Å². The molecule has 0 atom stereocenters. The van der Waals surface area contributed by atoms with Gasteiger partial charge in [-0.25, -0.2) is 0 Å². The second-order valence-electron chi connectivity index (χ2n) is 3.10. The van der Waals surface area contributed by atoms with E-state index in [1.807, 2.05) is 6.92 Å². The predicted molar refractivity (Wildman–Crippen MR) is 53.2 cm³/mol. The Bertz CT molecular complexity index is 379. The summed E-state index contributed by atoms with van der Waals surface area (Å²) in [5.41, 5.74) is 1.84. The van der Waals surface area contributed by atoms with Crippen LogP contribution in [-0.4, -0.2) is 14.7 Å². The third-order valence-corrected chi connectivity index (χ3v) is 1.92. The normalized spacial score (nSPS) is 11.8. The first kappa shape index (κ1) is 10.4. The van der Waals surface area contributed by atoms with Crippen molar-refractivity contribution in [2.45, 2.75) is 20.3 Å². The van der Waals surface area contributed by atoms with Crippen LogP contribution in [0.25, 0.3) is 6.08 Å². The fourth-order valence-corrected chi connectivity index (χ4v) is 1.23. The third kappa shape index (κ3) is 2.18. The zero-order valence-corrected chi connectivity index (χ0v) is 8.52. The minimum atomic E-state index is -0.396. The van der Waals surface area contributed by atoms with Gasteiger partial charge in [0.25, 0.3) is 0 Å². The number of hydrogen-bond donors (Lipinski definition) is 0. The molecule has 1 aromatic rings. The topological polar surface area (TPSA) is 61.0 Å². The molecular formula is C9H13N3O2. The zero-order chi connectivity index (χ0) is 10.7. The second kappa shape index (κ2) is 4.04. The second-order valence-corrected chi connectivity index (χ2v) is 3.10.